The Bertz CT molecular complexity index is 834. The fraction of sp³-hybridized carbons (Fsp3) is 0.211. The average Bonchev–Trinajstić information content (AvgIpc) is 2.59. The number of pyridine rings is 1. The summed E-state index contributed by atoms with van der Waals surface area (Å²) >= 11 is 0. The molecule has 3 rings (SSSR count). The molecule has 0 aliphatic carbocycles. The van der Waals surface area contributed by atoms with Crippen LogP contribution in [0.2, 0.25) is 0 Å². The molecule has 1 N–H and O–H groups in total. The van der Waals surface area contributed by atoms with Crippen molar-refractivity contribution in [2.75, 3.05) is 11.9 Å². The van der Waals surface area contributed by atoms with E-state index in [0.717, 1.165) is 34.8 Å². The number of nitrogens with zero attached hydrogens (tertiary/aromatic N) is 3. The van der Waals surface area contributed by atoms with Crippen molar-refractivity contribution >= 4 is 5.82 Å². The van der Waals surface area contributed by atoms with Gasteiger partial charge in [0.05, 0.1) is 0 Å². The van der Waals surface area contributed by atoms with E-state index in [2.05, 4.69) is 20.3 Å². The smallest absolute Gasteiger partial charge is 0.180 e. The van der Waals surface area contributed by atoms with Crippen molar-refractivity contribution in [1.29, 1.82) is 0 Å². The summed E-state index contributed by atoms with van der Waals surface area (Å²) in [7, 11) is 0. The van der Waals surface area contributed by atoms with Crippen molar-refractivity contribution < 1.29 is 4.39 Å². The Kier molecular flexibility index (Phi) is 4.79. The lowest BCUT2D eigenvalue weighted by atomic mass is 10.1. The minimum absolute atomic E-state index is 0.209. The van der Waals surface area contributed by atoms with Crippen molar-refractivity contribution in [3.63, 3.8) is 0 Å². The Labute approximate surface area is 140 Å². The number of anilines is 1. The summed E-state index contributed by atoms with van der Waals surface area (Å²) in [5.74, 6) is 1.19. The van der Waals surface area contributed by atoms with Crippen LogP contribution in [-0.2, 0) is 6.42 Å². The van der Waals surface area contributed by atoms with Crippen molar-refractivity contribution in [1.82, 2.24) is 15.0 Å². The minimum atomic E-state index is -0.209. The maximum Gasteiger partial charge on any atom is 0.180 e. The number of aromatic nitrogens is 3. The van der Waals surface area contributed by atoms with Gasteiger partial charge in [0.2, 0.25) is 0 Å². The molecule has 5 heteroatoms. The van der Waals surface area contributed by atoms with E-state index >= 15 is 0 Å². The SMILES string of the molecule is Cc1nc(-c2ccccn2)nc(NCCc2cccc(F)c2)c1C. The molecule has 3 aromatic rings. The Hall–Kier alpha value is -2.82. The first-order valence-corrected chi connectivity index (χ1v) is 7.88. The van der Waals surface area contributed by atoms with Gasteiger partial charge in [0, 0.05) is 24.0 Å². The van der Waals surface area contributed by atoms with Gasteiger partial charge in [-0.05, 0) is 50.1 Å². The molecule has 0 saturated heterocycles. The topological polar surface area (TPSA) is 50.7 Å². The van der Waals surface area contributed by atoms with Gasteiger partial charge >= 0.3 is 0 Å². The monoisotopic (exact) mass is 322 g/mol. The second kappa shape index (κ2) is 7.17. The van der Waals surface area contributed by atoms with Crippen LogP contribution in [0.1, 0.15) is 16.8 Å². The maximum atomic E-state index is 13.2. The van der Waals surface area contributed by atoms with Crippen LogP contribution in [0.25, 0.3) is 11.5 Å². The summed E-state index contributed by atoms with van der Waals surface area (Å²) in [4.78, 5) is 13.4. The molecule has 0 fully saturated rings. The van der Waals surface area contributed by atoms with E-state index in [4.69, 9.17) is 0 Å². The third-order valence-electron chi connectivity index (χ3n) is 3.88. The largest absolute Gasteiger partial charge is 0.369 e. The van der Waals surface area contributed by atoms with E-state index in [1.807, 2.05) is 38.1 Å². The molecule has 0 radical (unpaired) electrons. The Morgan fingerprint density at radius 3 is 2.67 bits per heavy atom. The number of aryl methyl sites for hydroxylation is 1. The van der Waals surface area contributed by atoms with Crippen LogP contribution < -0.4 is 5.32 Å². The van der Waals surface area contributed by atoms with Crippen molar-refractivity contribution in [2.45, 2.75) is 20.3 Å². The molecule has 122 valence electrons. The summed E-state index contributed by atoms with van der Waals surface area (Å²) in [6, 6.07) is 12.3. The second-order valence-corrected chi connectivity index (χ2v) is 5.63. The second-order valence-electron chi connectivity index (χ2n) is 5.63. The van der Waals surface area contributed by atoms with Crippen LogP contribution in [0.5, 0.6) is 0 Å². The molecule has 0 unspecified atom stereocenters. The first-order chi connectivity index (χ1) is 11.6. The van der Waals surface area contributed by atoms with Crippen molar-refractivity contribution in [3.05, 3.63) is 71.3 Å². The van der Waals surface area contributed by atoms with Crippen LogP contribution in [-0.4, -0.2) is 21.5 Å². The predicted octanol–water partition coefficient (Wildman–Crippen LogP) is 3.95. The van der Waals surface area contributed by atoms with Gasteiger partial charge in [0.1, 0.15) is 17.3 Å². The van der Waals surface area contributed by atoms with Gasteiger partial charge in [0.25, 0.3) is 0 Å². The quantitative estimate of drug-likeness (QED) is 0.773. The number of hydrogen-bond donors (Lipinski definition) is 1. The molecule has 2 heterocycles. The van der Waals surface area contributed by atoms with Crippen molar-refractivity contribution in [2.24, 2.45) is 0 Å². The van der Waals surface area contributed by atoms with Crippen molar-refractivity contribution in [3.8, 4) is 11.5 Å². The summed E-state index contributed by atoms with van der Waals surface area (Å²) in [6.07, 6.45) is 2.45. The van der Waals surface area contributed by atoms with Gasteiger partial charge < -0.3 is 5.32 Å². The van der Waals surface area contributed by atoms with E-state index < -0.39 is 0 Å². The van der Waals surface area contributed by atoms with Crippen LogP contribution in [0, 0.1) is 19.7 Å². The zero-order valence-corrected chi connectivity index (χ0v) is 13.8. The molecule has 4 nitrogen and oxygen atoms in total. The number of nitrogens with one attached hydrogen (secondary N) is 1. The first kappa shape index (κ1) is 16.1. The highest BCUT2D eigenvalue weighted by Gasteiger charge is 2.10. The summed E-state index contributed by atoms with van der Waals surface area (Å²) < 4.78 is 13.2. The normalized spacial score (nSPS) is 10.6. The highest BCUT2D eigenvalue weighted by atomic mass is 19.1. The van der Waals surface area contributed by atoms with Gasteiger partial charge in [0.15, 0.2) is 5.82 Å². The van der Waals surface area contributed by atoms with Gasteiger partial charge in [-0.1, -0.05) is 18.2 Å². The lowest BCUT2D eigenvalue weighted by molar-refractivity contribution is 0.625. The fourth-order valence-electron chi connectivity index (χ4n) is 2.43. The molecule has 1 aromatic carbocycles. The highest BCUT2D eigenvalue weighted by Crippen LogP contribution is 2.20. The summed E-state index contributed by atoms with van der Waals surface area (Å²) in [5.41, 5.74) is 3.62. The lowest BCUT2D eigenvalue weighted by Crippen LogP contribution is -2.10. The molecule has 2 aromatic heterocycles. The minimum Gasteiger partial charge on any atom is -0.369 e. The molecule has 0 amide bonds. The molecule has 24 heavy (non-hydrogen) atoms. The Morgan fingerprint density at radius 1 is 1.04 bits per heavy atom. The van der Waals surface area contributed by atoms with E-state index in [1.165, 1.54) is 6.07 Å². The zero-order valence-electron chi connectivity index (χ0n) is 13.8. The average molecular weight is 322 g/mol. The molecule has 0 bridgehead atoms. The Morgan fingerprint density at radius 2 is 1.92 bits per heavy atom. The maximum absolute atomic E-state index is 13.2. The number of rotatable bonds is 5. The predicted molar refractivity (Wildman–Crippen MR) is 93.3 cm³/mol. The summed E-state index contributed by atoms with van der Waals surface area (Å²) in [5, 5.41) is 3.33. The Balaban J connectivity index is 1.76. The molecule has 0 atom stereocenters. The fourth-order valence-corrected chi connectivity index (χ4v) is 2.43. The van der Waals surface area contributed by atoms with Crippen LogP contribution in [0.4, 0.5) is 10.2 Å². The van der Waals surface area contributed by atoms with Gasteiger partial charge in [-0.3, -0.25) is 4.98 Å². The number of halogens is 1. The standard InChI is InChI=1S/C19H19FN4/c1-13-14(2)23-19(17-8-3-4-10-21-17)24-18(13)22-11-9-15-6-5-7-16(20)12-15/h3-8,10,12H,9,11H2,1-2H3,(H,22,23,24). The van der Waals surface area contributed by atoms with Crippen LogP contribution in [0.15, 0.2) is 48.7 Å². The number of hydrogen-bond acceptors (Lipinski definition) is 4. The zero-order chi connectivity index (χ0) is 16.9. The first-order valence-electron chi connectivity index (χ1n) is 7.88. The number of benzene rings is 1. The lowest BCUT2D eigenvalue weighted by Gasteiger charge is -2.12. The van der Waals surface area contributed by atoms with E-state index in [9.17, 15) is 4.39 Å². The third-order valence-corrected chi connectivity index (χ3v) is 3.88. The highest BCUT2D eigenvalue weighted by molar-refractivity contribution is 5.56. The molecular formula is C19H19FN4. The molecular weight excluding hydrogens is 303 g/mol. The van der Waals surface area contributed by atoms with E-state index in [-0.39, 0.29) is 5.82 Å². The van der Waals surface area contributed by atoms with Gasteiger partial charge in [-0.15, -0.1) is 0 Å². The van der Waals surface area contributed by atoms with E-state index in [0.29, 0.717) is 12.4 Å². The van der Waals surface area contributed by atoms with Gasteiger partial charge in [-0.2, -0.15) is 0 Å². The molecule has 0 aliphatic heterocycles. The van der Waals surface area contributed by atoms with Crippen LogP contribution >= 0.6 is 0 Å². The van der Waals surface area contributed by atoms with Gasteiger partial charge in [-0.25, -0.2) is 14.4 Å². The molecule has 0 spiro atoms. The van der Waals surface area contributed by atoms with E-state index in [1.54, 1.807) is 18.3 Å². The third kappa shape index (κ3) is 3.74. The van der Waals surface area contributed by atoms with Crippen LogP contribution in [0.3, 0.4) is 0 Å². The summed E-state index contributed by atoms with van der Waals surface area (Å²) in [6.45, 7) is 4.62. The molecule has 0 saturated carbocycles. The molecule has 0 aliphatic rings.